The maximum atomic E-state index is 13.3. The van der Waals surface area contributed by atoms with E-state index in [0.29, 0.717) is 11.5 Å². The fourth-order valence-electron chi connectivity index (χ4n) is 3.02. The molecule has 26 heavy (non-hydrogen) atoms. The second-order valence-electron chi connectivity index (χ2n) is 6.19. The van der Waals surface area contributed by atoms with Gasteiger partial charge in [-0.05, 0) is 48.7 Å². The number of likely N-dealkylation sites (N-methyl/N-ethyl adjacent to an activating group) is 1. The van der Waals surface area contributed by atoms with Gasteiger partial charge >= 0.3 is 0 Å². The number of nitrogens with one attached hydrogen (secondary N) is 1. The summed E-state index contributed by atoms with van der Waals surface area (Å²) < 4.78 is 14.9. The molecule has 6 nitrogen and oxygen atoms in total. The van der Waals surface area contributed by atoms with Gasteiger partial charge in [0, 0.05) is 19.6 Å². The first-order chi connectivity index (χ1) is 12.6. The van der Waals surface area contributed by atoms with Gasteiger partial charge in [0.2, 0.25) is 5.82 Å². The van der Waals surface area contributed by atoms with E-state index in [-0.39, 0.29) is 23.6 Å². The quantitative estimate of drug-likeness (QED) is 0.766. The van der Waals surface area contributed by atoms with Crippen molar-refractivity contribution in [1.29, 1.82) is 0 Å². The fraction of sp³-hybridized carbons (Fsp3) is 0.278. The van der Waals surface area contributed by atoms with Crippen LogP contribution in [0.4, 0.5) is 4.39 Å². The molecule has 2 aromatic heterocycles. The lowest BCUT2D eigenvalue weighted by Crippen LogP contribution is -2.38. The summed E-state index contributed by atoms with van der Waals surface area (Å²) in [4.78, 5) is 19.9. The van der Waals surface area contributed by atoms with Crippen LogP contribution >= 0.6 is 11.3 Å². The molecule has 1 unspecified atom stereocenters. The fourth-order valence-corrected chi connectivity index (χ4v) is 3.72. The van der Waals surface area contributed by atoms with E-state index >= 15 is 0 Å². The highest BCUT2D eigenvalue weighted by atomic mass is 32.1. The third-order valence-electron chi connectivity index (χ3n) is 4.51. The molecule has 134 valence electrons. The average Bonchev–Trinajstić information content (AvgIpc) is 3.41. The van der Waals surface area contributed by atoms with Crippen LogP contribution in [-0.2, 0) is 0 Å². The maximum absolute atomic E-state index is 13.3. The van der Waals surface area contributed by atoms with Gasteiger partial charge in [0.05, 0.1) is 10.6 Å². The molecule has 0 bridgehead atoms. The van der Waals surface area contributed by atoms with Crippen LogP contribution in [0.3, 0.4) is 0 Å². The Morgan fingerprint density at radius 2 is 2.15 bits per heavy atom. The van der Waals surface area contributed by atoms with E-state index in [1.54, 1.807) is 28.8 Å². The largest absolute Gasteiger partial charge is 0.335 e. The number of hydrogen-bond donors (Lipinski definition) is 1. The molecule has 1 aliphatic rings. The van der Waals surface area contributed by atoms with Gasteiger partial charge < -0.3 is 10.2 Å². The number of halogens is 1. The molecule has 1 fully saturated rings. The van der Waals surface area contributed by atoms with E-state index in [9.17, 15) is 9.18 Å². The van der Waals surface area contributed by atoms with Gasteiger partial charge in [0.15, 0.2) is 5.82 Å². The molecule has 8 heteroatoms. The van der Waals surface area contributed by atoms with Gasteiger partial charge in [0.25, 0.3) is 5.91 Å². The number of carbonyl (C=O) groups excluding carboxylic acids is 1. The van der Waals surface area contributed by atoms with Gasteiger partial charge in [-0.1, -0.05) is 6.07 Å². The maximum Gasteiger partial charge on any atom is 0.293 e. The molecule has 3 aromatic rings. The standard InChI is InChI=1S/C18H18FN5OS/c1-23(14-8-9-20-11-14)18(25)16-21-17(15-3-2-10-26-15)24(22-16)13-6-4-12(19)5-7-13/h2-7,10,14,20H,8-9,11H2,1H3. The molecule has 1 saturated heterocycles. The minimum Gasteiger partial charge on any atom is -0.335 e. The lowest BCUT2D eigenvalue weighted by molar-refractivity contribution is 0.0731. The molecule has 1 atom stereocenters. The highest BCUT2D eigenvalue weighted by Crippen LogP contribution is 2.26. The monoisotopic (exact) mass is 371 g/mol. The van der Waals surface area contributed by atoms with Gasteiger partial charge in [-0.2, -0.15) is 0 Å². The Labute approximate surface area is 154 Å². The smallest absolute Gasteiger partial charge is 0.293 e. The van der Waals surface area contributed by atoms with E-state index < -0.39 is 0 Å². The van der Waals surface area contributed by atoms with Crippen molar-refractivity contribution in [2.45, 2.75) is 12.5 Å². The number of nitrogens with zero attached hydrogens (tertiary/aromatic N) is 4. The number of carbonyl (C=O) groups is 1. The molecular weight excluding hydrogens is 353 g/mol. The van der Waals surface area contributed by atoms with Gasteiger partial charge in [-0.15, -0.1) is 16.4 Å². The van der Waals surface area contributed by atoms with E-state index in [1.165, 1.54) is 23.5 Å². The summed E-state index contributed by atoms with van der Waals surface area (Å²) in [6.07, 6.45) is 0.915. The number of thiophene rings is 1. The molecule has 1 aromatic carbocycles. The molecule has 1 N–H and O–H groups in total. The first-order valence-corrected chi connectivity index (χ1v) is 9.26. The Hall–Kier alpha value is -2.58. The van der Waals surface area contributed by atoms with Crippen molar-refractivity contribution in [3.8, 4) is 16.4 Å². The van der Waals surface area contributed by atoms with Crippen molar-refractivity contribution in [2.24, 2.45) is 0 Å². The number of amides is 1. The number of benzene rings is 1. The summed E-state index contributed by atoms with van der Waals surface area (Å²) in [5, 5.41) is 9.63. The molecule has 1 amide bonds. The number of aromatic nitrogens is 3. The average molecular weight is 371 g/mol. The van der Waals surface area contributed by atoms with E-state index in [2.05, 4.69) is 15.4 Å². The second kappa shape index (κ2) is 6.97. The number of hydrogen-bond acceptors (Lipinski definition) is 5. The Morgan fingerprint density at radius 1 is 1.35 bits per heavy atom. The zero-order valence-corrected chi connectivity index (χ0v) is 15.0. The first kappa shape index (κ1) is 16.9. The van der Waals surface area contributed by atoms with Crippen LogP contribution in [0.25, 0.3) is 16.4 Å². The molecule has 0 saturated carbocycles. The van der Waals surface area contributed by atoms with Crippen molar-refractivity contribution < 1.29 is 9.18 Å². The predicted molar refractivity (Wildman–Crippen MR) is 98.0 cm³/mol. The Bertz CT molecular complexity index is 900. The highest BCUT2D eigenvalue weighted by Gasteiger charge is 2.28. The summed E-state index contributed by atoms with van der Waals surface area (Å²) in [6, 6.07) is 9.97. The molecule has 0 spiro atoms. The van der Waals surface area contributed by atoms with Gasteiger partial charge in [0.1, 0.15) is 5.82 Å². The summed E-state index contributed by atoms with van der Waals surface area (Å²) in [5.41, 5.74) is 0.659. The summed E-state index contributed by atoms with van der Waals surface area (Å²) >= 11 is 1.51. The van der Waals surface area contributed by atoms with Crippen molar-refractivity contribution in [1.82, 2.24) is 25.0 Å². The van der Waals surface area contributed by atoms with Crippen molar-refractivity contribution >= 4 is 17.2 Å². The minimum atomic E-state index is -0.323. The minimum absolute atomic E-state index is 0.144. The SMILES string of the molecule is CN(C(=O)c1nc(-c2cccs2)n(-c2ccc(F)cc2)n1)C1CCNC1. The molecule has 3 heterocycles. The molecule has 0 aliphatic carbocycles. The third kappa shape index (κ3) is 3.13. The van der Waals surface area contributed by atoms with Crippen LogP contribution in [0.2, 0.25) is 0 Å². The van der Waals surface area contributed by atoms with Crippen molar-refractivity contribution in [2.75, 3.05) is 20.1 Å². The normalized spacial score (nSPS) is 16.8. The molecule has 4 rings (SSSR count). The lowest BCUT2D eigenvalue weighted by atomic mass is 10.2. The lowest BCUT2D eigenvalue weighted by Gasteiger charge is -2.22. The molecule has 0 radical (unpaired) electrons. The Kier molecular flexibility index (Phi) is 4.52. The van der Waals surface area contributed by atoms with Crippen LogP contribution in [0.15, 0.2) is 41.8 Å². The van der Waals surface area contributed by atoms with Crippen LogP contribution in [0, 0.1) is 5.82 Å². The summed E-state index contributed by atoms with van der Waals surface area (Å²) in [6.45, 7) is 1.68. The van der Waals surface area contributed by atoms with Crippen LogP contribution < -0.4 is 5.32 Å². The van der Waals surface area contributed by atoms with Gasteiger partial charge in [-0.3, -0.25) is 4.79 Å². The summed E-state index contributed by atoms with van der Waals surface area (Å²) in [7, 11) is 1.78. The zero-order chi connectivity index (χ0) is 18.1. The first-order valence-electron chi connectivity index (χ1n) is 8.38. The highest BCUT2D eigenvalue weighted by molar-refractivity contribution is 7.13. The molecule has 1 aliphatic heterocycles. The van der Waals surface area contributed by atoms with E-state index in [1.807, 2.05) is 17.5 Å². The predicted octanol–water partition coefficient (Wildman–Crippen LogP) is 2.57. The zero-order valence-electron chi connectivity index (χ0n) is 14.2. The topological polar surface area (TPSA) is 63.1 Å². The van der Waals surface area contributed by atoms with Crippen LogP contribution in [0.5, 0.6) is 0 Å². The van der Waals surface area contributed by atoms with E-state index in [0.717, 1.165) is 24.4 Å². The summed E-state index contributed by atoms with van der Waals surface area (Å²) in [5.74, 6) is 0.189. The number of rotatable bonds is 4. The van der Waals surface area contributed by atoms with E-state index in [4.69, 9.17) is 0 Å². The van der Waals surface area contributed by atoms with Crippen molar-refractivity contribution in [3.05, 3.63) is 53.4 Å². The van der Waals surface area contributed by atoms with Crippen LogP contribution in [-0.4, -0.2) is 51.8 Å². The third-order valence-corrected chi connectivity index (χ3v) is 5.38. The molecular formula is C18H18FN5OS. The second-order valence-corrected chi connectivity index (χ2v) is 7.13. The Morgan fingerprint density at radius 3 is 2.81 bits per heavy atom. The Balaban J connectivity index is 1.73. The van der Waals surface area contributed by atoms with Gasteiger partial charge in [-0.25, -0.2) is 14.1 Å². The van der Waals surface area contributed by atoms with Crippen LogP contribution in [0.1, 0.15) is 17.0 Å². The van der Waals surface area contributed by atoms with Crippen molar-refractivity contribution in [3.63, 3.8) is 0 Å².